The number of rotatable bonds is 6. The maximum Gasteiger partial charge on any atom is 0.239 e. The van der Waals surface area contributed by atoms with Gasteiger partial charge in [0, 0.05) is 12.1 Å². The first-order chi connectivity index (χ1) is 9.36. The molecule has 0 fully saturated rings. The maximum atomic E-state index is 13.6. The van der Waals surface area contributed by atoms with Gasteiger partial charge in [0.25, 0.3) is 0 Å². The molecule has 0 aliphatic heterocycles. The highest BCUT2D eigenvalue weighted by molar-refractivity contribution is 5.85. The summed E-state index contributed by atoms with van der Waals surface area (Å²) in [6.07, 6.45) is 0.551. The van der Waals surface area contributed by atoms with Gasteiger partial charge in [-0.1, -0.05) is 19.9 Å². The molecule has 3 nitrogen and oxygen atoms in total. The number of hydrogen-bond donors (Lipinski definition) is 1. The average Bonchev–Trinajstić information content (AvgIpc) is 2.37. The molecule has 1 aromatic rings. The highest BCUT2D eigenvalue weighted by atomic mass is 35.5. The Balaban J connectivity index is 0.00000400. The van der Waals surface area contributed by atoms with E-state index in [2.05, 4.69) is 0 Å². The minimum absolute atomic E-state index is 0. The van der Waals surface area contributed by atoms with Gasteiger partial charge in [0.15, 0.2) is 0 Å². The van der Waals surface area contributed by atoms with Crippen LogP contribution in [-0.2, 0) is 11.3 Å². The van der Waals surface area contributed by atoms with E-state index in [1.165, 1.54) is 23.1 Å². The van der Waals surface area contributed by atoms with E-state index < -0.39 is 17.7 Å². The van der Waals surface area contributed by atoms with Gasteiger partial charge in [0.1, 0.15) is 11.6 Å². The van der Waals surface area contributed by atoms with Crippen molar-refractivity contribution in [1.82, 2.24) is 4.90 Å². The van der Waals surface area contributed by atoms with Crippen molar-refractivity contribution in [3.05, 3.63) is 35.4 Å². The predicted molar refractivity (Wildman–Crippen MR) is 82.1 cm³/mol. The van der Waals surface area contributed by atoms with Crippen molar-refractivity contribution in [2.45, 2.75) is 39.8 Å². The third-order valence-corrected chi connectivity index (χ3v) is 3.15. The maximum absolute atomic E-state index is 13.6. The lowest BCUT2D eigenvalue weighted by molar-refractivity contribution is -0.133. The van der Waals surface area contributed by atoms with Crippen LogP contribution in [0.25, 0.3) is 0 Å². The van der Waals surface area contributed by atoms with E-state index >= 15 is 0 Å². The summed E-state index contributed by atoms with van der Waals surface area (Å²) in [5.74, 6) is -1.27. The summed E-state index contributed by atoms with van der Waals surface area (Å²) in [5, 5.41) is 0. The van der Waals surface area contributed by atoms with Gasteiger partial charge in [-0.25, -0.2) is 8.78 Å². The molecule has 1 amide bonds. The minimum Gasteiger partial charge on any atom is -0.337 e. The minimum atomic E-state index is -0.645. The molecule has 21 heavy (non-hydrogen) atoms. The van der Waals surface area contributed by atoms with Gasteiger partial charge in [-0.15, -0.1) is 12.4 Å². The summed E-state index contributed by atoms with van der Waals surface area (Å²) in [6.45, 7) is 5.97. The van der Waals surface area contributed by atoms with Crippen LogP contribution in [0.15, 0.2) is 18.2 Å². The van der Waals surface area contributed by atoms with Crippen molar-refractivity contribution in [3.63, 3.8) is 0 Å². The van der Waals surface area contributed by atoms with Crippen LogP contribution in [0.3, 0.4) is 0 Å². The molecule has 2 N–H and O–H groups in total. The van der Waals surface area contributed by atoms with E-state index in [-0.39, 0.29) is 36.3 Å². The molecule has 0 heterocycles. The van der Waals surface area contributed by atoms with Gasteiger partial charge in [0.05, 0.1) is 12.6 Å². The topological polar surface area (TPSA) is 46.3 Å². The van der Waals surface area contributed by atoms with Crippen LogP contribution in [0.1, 0.15) is 32.8 Å². The SMILES string of the molecule is CCN(Cc1c(F)cccc1F)C(=O)[C@@H](N)CC(C)C.Cl. The second kappa shape index (κ2) is 8.95. The Morgan fingerprint density at radius 1 is 1.29 bits per heavy atom. The summed E-state index contributed by atoms with van der Waals surface area (Å²) in [4.78, 5) is 13.6. The number of likely N-dealkylation sites (N-methyl/N-ethyl adjacent to an activating group) is 1. The number of benzene rings is 1. The highest BCUT2D eigenvalue weighted by Crippen LogP contribution is 2.16. The molecule has 0 aliphatic rings. The standard InChI is InChI=1S/C15H22F2N2O.ClH/c1-4-19(15(20)14(18)8-10(2)3)9-11-12(16)6-5-7-13(11)17;/h5-7,10,14H,4,8-9,18H2,1-3H3;1H/t14-;/m0./s1. The number of nitrogens with two attached hydrogens (primary N) is 1. The fourth-order valence-electron chi connectivity index (χ4n) is 2.06. The van der Waals surface area contributed by atoms with Gasteiger partial charge in [-0.2, -0.15) is 0 Å². The quantitative estimate of drug-likeness (QED) is 0.875. The number of halogens is 3. The molecule has 0 bridgehead atoms. The first-order valence-electron chi connectivity index (χ1n) is 6.84. The second-order valence-electron chi connectivity index (χ2n) is 5.29. The Hall–Kier alpha value is -1.20. The Bertz CT molecular complexity index is 449. The lowest BCUT2D eigenvalue weighted by Gasteiger charge is -2.25. The second-order valence-corrected chi connectivity index (χ2v) is 5.29. The zero-order valence-corrected chi connectivity index (χ0v) is 13.4. The zero-order chi connectivity index (χ0) is 15.3. The number of hydrogen-bond acceptors (Lipinski definition) is 2. The predicted octanol–water partition coefficient (Wildman–Crippen LogP) is 3.11. The fraction of sp³-hybridized carbons (Fsp3) is 0.533. The van der Waals surface area contributed by atoms with Crippen molar-refractivity contribution < 1.29 is 13.6 Å². The molecule has 0 unspecified atom stereocenters. The molecular formula is C15H23ClF2N2O. The normalized spacial score (nSPS) is 12.0. The molecule has 0 aromatic heterocycles. The van der Waals surface area contributed by atoms with Crippen LogP contribution in [0.5, 0.6) is 0 Å². The Morgan fingerprint density at radius 3 is 2.24 bits per heavy atom. The Labute approximate surface area is 130 Å². The molecule has 1 atom stereocenters. The number of carbonyl (C=O) groups excluding carboxylic acids is 1. The molecule has 1 rings (SSSR count). The number of carbonyl (C=O) groups is 1. The molecule has 120 valence electrons. The molecule has 6 heteroatoms. The van der Waals surface area contributed by atoms with E-state index in [1.807, 2.05) is 13.8 Å². The summed E-state index contributed by atoms with van der Waals surface area (Å²) < 4.78 is 27.2. The van der Waals surface area contributed by atoms with Crippen LogP contribution in [0, 0.1) is 17.6 Å². The molecule has 0 aliphatic carbocycles. The number of nitrogens with zero attached hydrogens (tertiary/aromatic N) is 1. The van der Waals surface area contributed by atoms with Crippen molar-refractivity contribution in [3.8, 4) is 0 Å². The molecule has 0 saturated heterocycles. The Morgan fingerprint density at radius 2 is 1.81 bits per heavy atom. The van der Waals surface area contributed by atoms with Crippen molar-refractivity contribution in [2.24, 2.45) is 11.7 Å². The number of amides is 1. The summed E-state index contributed by atoms with van der Waals surface area (Å²) >= 11 is 0. The third kappa shape index (κ3) is 5.59. The monoisotopic (exact) mass is 320 g/mol. The highest BCUT2D eigenvalue weighted by Gasteiger charge is 2.22. The van der Waals surface area contributed by atoms with E-state index in [0.717, 1.165) is 0 Å². The zero-order valence-electron chi connectivity index (χ0n) is 12.6. The van der Waals surface area contributed by atoms with Gasteiger partial charge in [0.2, 0.25) is 5.91 Å². The summed E-state index contributed by atoms with van der Waals surface area (Å²) in [7, 11) is 0. The van der Waals surface area contributed by atoms with Crippen LogP contribution >= 0.6 is 12.4 Å². The lowest BCUT2D eigenvalue weighted by atomic mass is 10.0. The molecular weight excluding hydrogens is 298 g/mol. The van der Waals surface area contributed by atoms with Gasteiger partial charge in [-0.3, -0.25) is 4.79 Å². The van der Waals surface area contributed by atoms with Crippen molar-refractivity contribution in [1.29, 1.82) is 0 Å². The smallest absolute Gasteiger partial charge is 0.239 e. The van der Waals surface area contributed by atoms with E-state index in [1.54, 1.807) is 6.92 Å². The molecule has 1 aromatic carbocycles. The van der Waals surface area contributed by atoms with Crippen LogP contribution < -0.4 is 5.73 Å². The van der Waals surface area contributed by atoms with Gasteiger partial charge < -0.3 is 10.6 Å². The van der Waals surface area contributed by atoms with E-state index in [4.69, 9.17) is 5.73 Å². The molecule has 0 saturated carbocycles. The molecule has 0 radical (unpaired) electrons. The van der Waals surface area contributed by atoms with Gasteiger partial charge in [-0.05, 0) is 31.4 Å². The summed E-state index contributed by atoms with van der Waals surface area (Å²) in [5.41, 5.74) is 5.75. The van der Waals surface area contributed by atoms with Gasteiger partial charge >= 0.3 is 0 Å². The van der Waals surface area contributed by atoms with Crippen molar-refractivity contribution in [2.75, 3.05) is 6.54 Å². The largest absolute Gasteiger partial charge is 0.337 e. The van der Waals surface area contributed by atoms with Crippen molar-refractivity contribution >= 4 is 18.3 Å². The summed E-state index contributed by atoms with van der Waals surface area (Å²) in [6, 6.07) is 3.04. The average molecular weight is 321 g/mol. The van der Waals surface area contributed by atoms with Crippen LogP contribution in [0.2, 0.25) is 0 Å². The Kier molecular flexibility index (Phi) is 8.44. The first kappa shape index (κ1) is 19.8. The first-order valence-corrected chi connectivity index (χ1v) is 6.84. The molecule has 0 spiro atoms. The third-order valence-electron chi connectivity index (χ3n) is 3.15. The van der Waals surface area contributed by atoms with E-state index in [0.29, 0.717) is 13.0 Å². The van der Waals surface area contributed by atoms with Crippen LogP contribution in [-0.4, -0.2) is 23.4 Å². The fourth-order valence-corrected chi connectivity index (χ4v) is 2.06. The lowest BCUT2D eigenvalue weighted by Crippen LogP contribution is -2.44. The van der Waals surface area contributed by atoms with E-state index in [9.17, 15) is 13.6 Å². The van der Waals surface area contributed by atoms with Crippen LogP contribution in [0.4, 0.5) is 8.78 Å².